The molecule has 0 aliphatic heterocycles. The third-order valence-corrected chi connectivity index (χ3v) is 10.9. The summed E-state index contributed by atoms with van der Waals surface area (Å²) in [6, 6.07) is 35.2. The van der Waals surface area contributed by atoms with Crippen LogP contribution in [0.5, 0.6) is 0 Å². The average molecular weight is 666 g/mol. The van der Waals surface area contributed by atoms with Crippen molar-refractivity contribution in [1.82, 2.24) is 4.90 Å². The van der Waals surface area contributed by atoms with Crippen molar-refractivity contribution in [3.8, 4) is 0 Å². The lowest BCUT2D eigenvalue weighted by Gasteiger charge is -2.39. The van der Waals surface area contributed by atoms with E-state index in [0.29, 0.717) is 0 Å². The number of allylic oxidation sites excluding steroid dienone is 14. The number of nitrogens with zero attached hydrogens (tertiary/aromatic N) is 1. The molecule has 1 atom stereocenters. The molecule has 0 radical (unpaired) electrons. The van der Waals surface area contributed by atoms with Crippen molar-refractivity contribution in [2.24, 2.45) is 0 Å². The van der Waals surface area contributed by atoms with Crippen LogP contribution in [0, 0.1) is 0 Å². The summed E-state index contributed by atoms with van der Waals surface area (Å²) in [5.74, 6) is 0. The molecule has 0 bridgehead atoms. The summed E-state index contributed by atoms with van der Waals surface area (Å²) in [5, 5.41) is 2.46. The van der Waals surface area contributed by atoms with E-state index in [0.717, 1.165) is 36.1 Å². The Morgan fingerprint density at radius 1 is 0.804 bits per heavy atom. The van der Waals surface area contributed by atoms with Crippen LogP contribution in [-0.2, 0) is 5.41 Å². The van der Waals surface area contributed by atoms with Crippen LogP contribution in [0.15, 0.2) is 192 Å². The molecule has 4 aromatic rings. The van der Waals surface area contributed by atoms with Crippen molar-refractivity contribution in [2.45, 2.75) is 66.2 Å². The van der Waals surface area contributed by atoms with Crippen molar-refractivity contribution < 1.29 is 0 Å². The van der Waals surface area contributed by atoms with Crippen LogP contribution in [0.3, 0.4) is 0 Å². The minimum atomic E-state index is -0.491. The number of fused-ring (bicyclic) bond motifs is 3. The maximum atomic E-state index is 4.65. The zero-order valence-electron chi connectivity index (χ0n) is 31.3. The molecule has 0 N–H and O–H groups in total. The Morgan fingerprint density at radius 2 is 1.49 bits per heavy atom. The Morgan fingerprint density at radius 3 is 2.18 bits per heavy atom. The first-order valence-electron chi connectivity index (χ1n) is 18.3. The third-order valence-electron chi connectivity index (χ3n) is 10.9. The van der Waals surface area contributed by atoms with E-state index in [-0.39, 0.29) is 0 Å². The quantitative estimate of drug-likeness (QED) is 0.144. The van der Waals surface area contributed by atoms with Gasteiger partial charge in [0.25, 0.3) is 0 Å². The normalized spacial score (nSPS) is 18.2. The van der Waals surface area contributed by atoms with E-state index in [9.17, 15) is 0 Å². The summed E-state index contributed by atoms with van der Waals surface area (Å²) >= 11 is 0. The molecule has 0 spiro atoms. The van der Waals surface area contributed by atoms with Crippen LogP contribution < -0.4 is 0 Å². The summed E-state index contributed by atoms with van der Waals surface area (Å²) < 4.78 is 0. The van der Waals surface area contributed by atoms with Crippen molar-refractivity contribution in [3.63, 3.8) is 0 Å². The molecule has 0 amide bonds. The topological polar surface area (TPSA) is 3.24 Å². The first kappa shape index (κ1) is 35.4. The fourth-order valence-electron chi connectivity index (χ4n) is 8.23. The second-order valence-electron chi connectivity index (χ2n) is 13.9. The number of benzene rings is 4. The minimum Gasteiger partial charge on any atom is -0.319 e. The Balaban J connectivity index is 1.56. The summed E-state index contributed by atoms with van der Waals surface area (Å²) in [4.78, 5) is 2.44. The Labute approximate surface area is 306 Å². The molecular formula is C50H51N. The highest BCUT2D eigenvalue weighted by molar-refractivity contribution is 5.90. The predicted octanol–water partition coefficient (Wildman–Crippen LogP) is 13.8. The van der Waals surface area contributed by atoms with Gasteiger partial charge in [-0.15, -0.1) is 0 Å². The van der Waals surface area contributed by atoms with Gasteiger partial charge in [-0.05, 0) is 138 Å². The molecule has 0 saturated carbocycles. The van der Waals surface area contributed by atoms with E-state index < -0.39 is 5.41 Å². The SMILES string of the molecule is C=C/C=C(\C=C/C)C1(c2ccccc2)C2=C(CCC(N(C(=C)C)C(/C(C)=C(/C)C(=C)c3ccc4ccccc4c3)=C(\C)CC)=C2)c2ccccc21. The lowest BCUT2D eigenvalue weighted by atomic mass is 9.65. The second kappa shape index (κ2) is 14.8. The molecule has 51 heavy (non-hydrogen) atoms. The van der Waals surface area contributed by atoms with E-state index in [4.69, 9.17) is 0 Å². The van der Waals surface area contributed by atoms with Crippen LogP contribution in [-0.4, -0.2) is 4.90 Å². The Hall–Kier alpha value is -5.40. The molecule has 2 aliphatic rings. The number of rotatable bonds is 11. The van der Waals surface area contributed by atoms with Gasteiger partial charge < -0.3 is 4.90 Å². The van der Waals surface area contributed by atoms with Gasteiger partial charge in [-0.2, -0.15) is 0 Å². The first-order valence-corrected chi connectivity index (χ1v) is 18.3. The molecule has 1 unspecified atom stereocenters. The zero-order chi connectivity index (χ0) is 36.3. The summed E-state index contributed by atoms with van der Waals surface area (Å²) in [5.41, 5.74) is 16.8. The molecule has 1 heteroatoms. The van der Waals surface area contributed by atoms with Crippen LogP contribution >= 0.6 is 0 Å². The van der Waals surface area contributed by atoms with Gasteiger partial charge in [0.05, 0.1) is 5.41 Å². The molecular weight excluding hydrogens is 615 g/mol. The zero-order valence-corrected chi connectivity index (χ0v) is 31.3. The van der Waals surface area contributed by atoms with Gasteiger partial charge in [0.2, 0.25) is 0 Å². The predicted molar refractivity (Wildman–Crippen MR) is 222 cm³/mol. The lowest BCUT2D eigenvalue weighted by molar-refractivity contribution is 0.500. The fraction of sp³-hybridized carbons (Fsp3) is 0.200. The van der Waals surface area contributed by atoms with Gasteiger partial charge in [0.1, 0.15) is 0 Å². The van der Waals surface area contributed by atoms with Crippen molar-refractivity contribution in [3.05, 3.63) is 214 Å². The monoisotopic (exact) mass is 665 g/mol. The molecule has 0 heterocycles. The summed E-state index contributed by atoms with van der Waals surface area (Å²) in [6.07, 6.45) is 13.8. The van der Waals surface area contributed by atoms with E-state index in [1.165, 1.54) is 72.3 Å². The minimum absolute atomic E-state index is 0.491. The van der Waals surface area contributed by atoms with Crippen molar-refractivity contribution >= 4 is 21.9 Å². The smallest absolute Gasteiger partial charge is 0.0710 e. The first-order chi connectivity index (χ1) is 24.7. The molecule has 0 saturated heterocycles. The molecule has 2 aliphatic carbocycles. The molecule has 1 nitrogen and oxygen atoms in total. The van der Waals surface area contributed by atoms with E-state index in [2.05, 4.69) is 188 Å². The molecule has 256 valence electrons. The average Bonchev–Trinajstić information content (AvgIpc) is 3.45. The van der Waals surface area contributed by atoms with Gasteiger partial charge in [0, 0.05) is 17.1 Å². The van der Waals surface area contributed by atoms with E-state index in [1.807, 2.05) is 6.08 Å². The van der Waals surface area contributed by atoms with Crippen LogP contribution in [0.2, 0.25) is 0 Å². The maximum absolute atomic E-state index is 4.65. The number of hydrogen-bond donors (Lipinski definition) is 0. The van der Waals surface area contributed by atoms with Gasteiger partial charge >= 0.3 is 0 Å². The summed E-state index contributed by atoms with van der Waals surface area (Å²) in [7, 11) is 0. The number of hydrogen-bond acceptors (Lipinski definition) is 1. The van der Waals surface area contributed by atoms with E-state index >= 15 is 0 Å². The van der Waals surface area contributed by atoms with Crippen LogP contribution in [0.1, 0.15) is 83.1 Å². The second-order valence-corrected chi connectivity index (χ2v) is 13.9. The standard InChI is InChI=1S/C50H51N/c1-10-20-42(21-11-2)50(43-24-14-13-15-25-43)47-27-19-18-26-45(47)46-31-30-44(33-48(46)50)51(34(4)5)49(35(6)12-3)38(9)36(7)37(8)40-29-28-39-22-16-17-23-41(39)32-40/h10-11,13-29,32-33H,1,4,8,12,30-31H2,2-3,5-7,9H3/b21-11-,38-36-,42-20+,49-35+. The highest BCUT2D eigenvalue weighted by Crippen LogP contribution is 2.58. The molecule has 0 fully saturated rings. The lowest BCUT2D eigenvalue weighted by Crippen LogP contribution is -2.31. The molecule has 6 rings (SSSR count). The van der Waals surface area contributed by atoms with E-state index in [1.54, 1.807) is 0 Å². The van der Waals surface area contributed by atoms with Gasteiger partial charge in [-0.3, -0.25) is 0 Å². The van der Waals surface area contributed by atoms with Gasteiger partial charge in [-0.25, -0.2) is 0 Å². The van der Waals surface area contributed by atoms with Crippen molar-refractivity contribution in [1.29, 1.82) is 0 Å². The van der Waals surface area contributed by atoms with Crippen LogP contribution in [0.4, 0.5) is 0 Å². The Bertz CT molecular complexity index is 2220. The van der Waals surface area contributed by atoms with Gasteiger partial charge in [-0.1, -0.05) is 142 Å². The van der Waals surface area contributed by atoms with Crippen molar-refractivity contribution in [2.75, 3.05) is 0 Å². The largest absolute Gasteiger partial charge is 0.319 e. The highest BCUT2D eigenvalue weighted by Gasteiger charge is 2.48. The van der Waals surface area contributed by atoms with Gasteiger partial charge in [0.15, 0.2) is 0 Å². The maximum Gasteiger partial charge on any atom is 0.0710 e. The van der Waals surface area contributed by atoms with Crippen LogP contribution in [0.25, 0.3) is 21.9 Å². The fourth-order valence-corrected chi connectivity index (χ4v) is 8.23. The highest BCUT2D eigenvalue weighted by atomic mass is 15.2. The summed E-state index contributed by atoms with van der Waals surface area (Å²) in [6.45, 7) is 26.7. The molecule has 0 aromatic heterocycles. The third kappa shape index (κ3) is 6.16. The Kier molecular flexibility index (Phi) is 10.3. The molecule has 4 aromatic carbocycles.